The molecule has 1 heterocycles. The molecule has 2 rings (SSSR count). The van der Waals surface area contributed by atoms with Crippen LogP contribution < -0.4 is 5.32 Å². The standard InChI is InChI=1S/C18H24N2/c1-3-12-20-18(17-14-19-13-11-15(17)2)10-9-16-7-5-4-6-8-16/h4-8,11,13-14,18,20H,3,9-10,12H2,1-2H3. The molecule has 0 fully saturated rings. The van der Waals surface area contributed by atoms with Crippen LogP contribution in [0.15, 0.2) is 48.8 Å². The number of hydrogen-bond donors (Lipinski definition) is 1. The Morgan fingerprint density at radius 1 is 1.15 bits per heavy atom. The number of aryl methyl sites for hydroxylation is 2. The van der Waals surface area contributed by atoms with Crippen LogP contribution in [0.2, 0.25) is 0 Å². The first kappa shape index (κ1) is 14.7. The first-order valence-corrected chi connectivity index (χ1v) is 7.49. The second-order valence-electron chi connectivity index (χ2n) is 5.26. The Morgan fingerprint density at radius 2 is 1.95 bits per heavy atom. The Labute approximate surface area is 122 Å². The van der Waals surface area contributed by atoms with Gasteiger partial charge in [-0.1, -0.05) is 37.3 Å². The second-order valence-corrected chi connectivity index (χ2v) is 5.26. The van der Waals surface area contributed by atoms with E-state index in [1.807, 2.05) is 12.4 Å². The minimum atomic E-state index is 0.392. The Hall–Kier alpha value is -1.67. The molecule has 2 aromatic rings. The van der Waals surface area contributed by atoms with Gasteiger partial charge in [0.15, 0.2) is 0 Å². The topological polar surface area (TPSA) is 24.9 Å². The van der Waals surface area contributed by atoms with Crippen molar-refractivity contribution >= 4 is 0 Å². The molecular weight excluding hydrogens is 244 g/mol. The minimum absolute atomic E-state index is 0.392. The zero-order chi connectivity index (χ0) is 14.2. The molecular formula is C18H24N2. The maximum Gasteiger partial charge on any atom is 0.0341 e. The van der Waals surface area contributed by atoms with Crippen molar-refractivity contribution in [3.8, 4) is 0 Å². The molecule has 2 nitrogen and oxygen atoms in total. The van der Waals surface area contributed by atoms with Crippen molar-refractivity contribution in [2.45, 2.75) is 39.2 Å². The molecule has 20 heavy (non-hydrogen) atoms. The molecule has 0 aliphatic heterocycles. The van der Waals surface area contributed by atoms with Gasteiger partial charge in [-0.3, -0.25) is 4.98 Å². The third kappa shape index (κ3) is 4.17. The van der Waals surface area contributed by atoms with E-state index in [1.165, 1.54) is 16.7 Å². The maximum atomic E-state index is 4.29. The third-order valence-electron chi connectivity index (χ3n) is 3.66. The average Bonchev–Trinajstić information content (AvgIpc) is 2.49. The van der Waals surface area contributed by atoms with Crippen LogP contribution in [-0.2, 0) is 6.42 Å². The van der Waals surface area contributed by atoms with E-state index in [2.05, 4.69) is 60.5 Å². The van der Waals surface area contributed by atoms with Gasteiger partial charge in [0.2, 0.25) is 0 Å². The smallest absolute Gasteiger partial charge is 0.0341 e. The lowest BCUT2D eigenvalue weighted by atomic mass is 9.97. The van der Waals surface area contributed by atoms with Crippen molar-refractivity contribution < 1.29 is 0 Å². The molecule has 0 spiro atoms. The van der Waals surface area contributed by atoms with E-state index < -0.39 is 0 Å². The van der Waals surface area contributed by atoms with E-state index in [1.54, 1.807) is 0 Å². The largest absolute Gasteiger partial charge is 0.310 e. The summed E-state index contributed by atoms with van der Waals surface area (Å²) < 4.78 is 0. The van der Waals surface area contributed by atoms with E-state index in [-0.39, 0.29) is 0 Å². The number of pyridine rings is 1. The minimum Gasteiger partial charge on any atom is -0.310 e. The third-order valence-corrected chi connectivity index (χ3v) is 3.66. The summed E-state index contributed by atoms with van der Waals surface area (Å²) in [5.74, 6) is 0. The van der Waals surface area contributed by atoms with Crippen LogP contribution in [0.3, 0.4) is 0 Å². The van der Waals surface area contributed by atoms with Gasteiger partial charge in [-0.05, 0) is 55.5 Å². The van der Waals surface area contributed by atoms with Crippen molar-refractivity contribution in [1.29, 1.82) is 0 Å². The highest BCUT2D eigenvalue weighted by atomic mass is 14.9. The number of hydrogen-bond acceptors (Lipinski definition) is 2. The van der Waals surface area contributed by atoms with Crippen LogP contribution in [0.1, 0.15) is 42.5 Å². The Balaban J connectivity index is 2.06. The predicted molar refractivity (Wildman–Crippen MR) is 84.8 cm³/mol. The lowest BCUT2D eigenvalue weighted by Gasteiger charge is -2.20. The predicted octanol–water partition coefficient (Wildman–Crippen LogP) is 4.06. The summed E-state index contributed by atoms with van der Waals surface area (Å²) in [4.78, 5) is 4.29. The van der Waals surface area contributed by atoms with E-state index >= 15 is 0 Å². The van der Waals surface area contributed by atoms with Crippen LogP contribution in [0.5, 0.6) is 0 Å². The molecule has 0 aliphatic carbocycles. The van der Waals surface area contributed by atoms with E-state index in [0.717, 1.165) is 25.8 Å². The first-order valence-electron chi connectivity index (χ1n) is 7.49. The van der Waals surface area contributed by atoms with Gasteiger partial charge in [0.1, 0.15) is 0 Å². The molecule has 0 amide bonds. The van der Waals surface area contributed by atoms with Gasteiger partial charge in [-0.15, -0.1) is 0 Å². The zero-order valence-corrected chi connectivity index (χ0v) is 12.5. The van der Waals surface area contributed by atoms with Gasteiger partial charge in [0.05, 0.1) is 0 Å². The Bertz CT molecular complexity index is 508. The van der Waals surface area contributed by atoms with Crippen LogP contribution in [0.25, 0.3) is 0 Å². The van der Waals surface area contributed by atoms with Gasteiger partial charge in [-0.25, -0.2) is 0 Å². The first-order chi connectivity index (χ1) is 9.81. The summed E-state index contributed by atoms with van der Waals surface area (Å²) in [6.07, 6.45) is 7.23. The molecule has 1 N–H and O–H groups in total. The lowest BCUT2D eigenvalue weighted by Crippen LogP contribution is -2.23. The monoisotopic (exact) mass is 268 g/mol. The highest BCUT2D eigenvalue weighted by molar-refractivity contribution is 5.25. The summed E-state index contributed by atoms with van der Waals surface area (Å²) in [5.41, 5.74) is 4.05. The Kier molecular flexibility index (Phi) is 5.75. The van der Waals surface area contributed by atoms with Gasteiger partial charge in [0, 0.05) is 18.4 Å². The van der Waals surface area contributed by atoms with E-state index in [9.17, 15) is 0 Å². The van der Waals surface area contributed by atoms with E-state index in [0.29, 0.717) is 6.04 Å². The molecule has 1 unspecified atom stereocenters. The zero-order valence-electron chi connectivity index (χ0n) is 12.5. The number of nitrogens with zero attached hydrogens (tertiary/aromatic N) is 1. The SMILES string of the molecule is CCCNC(CCc1ccccc1)c1cnccc1C. The number of aromatic nitrogens is 1. The molecule has 2 heteroatoms. The molecule has 1 aromatic heterocycles. The second kappa shape index (κ2) is 7.81. The Morgan fingerprint density at radius 3 is 2.65 bits per heavy atom. The van der Waals surface area contributed by atoms with Gasteiger partial charge in [-0.2, -0.15) is 0 Å². The van der Waals surface area contributed by atoms with Crippen molar-refractivity contribution in [2.24, 2.45) is 0 Å². The highest BCUT2D eigenvalue weighted by Gasteiger charge is 2.13. The lowest BCUT2D eigenvalue weighted by molar-refractivity contribution is 0.496. The molecule has 1 aromatic carbocycles. The van der Waals surface area contributed by atoms with Gasteiger partial charge in [0.25, 0.3) is 0 Å². The summed E-state index contributed by atoms with van der Waals surface area (Å²) in [5, 5.41) is 3.66. The fourth-order valence-corrected chi connectivity index (χ4v) is 2.48. The van der Waals surface area contributed by atoms with Crippen molar-refractivity contribution in [1.82, 2.24) is 10.3 Å². The van der Waals surface area contributed by atoms with E-state index in [4.69, 9.17) is 0 Å². The number of benzene rings is 1. The molecule has 106 valence electrons. The number of nitrogens with one attached hydrogen (secondary N) is 1. The normalized spacial score (nSPS) is 12.3. The van der Waals surface area contributed by atoms with Crippen molar-refractivity contribution in [3.05, 3.63) is 65.5 Å². The van der Waals surface area contributed by atoms with Crippen molar-refractivity contribution in [3.63, 3.8) is 0 Å². The molecule has 0 aliphatic rings. The van der Waals surface area contributed by atoms with Gasteiger partial charge >= 0.3 is 0 Å². The average molecular weight is 268 g/mol. The maximum absolute atomic E-state index is 4.29. The fourth-order valence-electron chi connectivity index (χ4n) is 2.48. The molecule has 0 bridgehead atoms. The molecule has 0 saturated heterocycles. The van der Waals surface area contributed by atoms with Crippen LogP contribution in [-0.4, -0.2) is 11.5 Å². The number of rotatable bonds is 7. The van der Waals surface area contributed by atoms with Crippen LogP contribution in [0.4, 0.5) is 0 Å². The summed E-state index contributed by atoms with van der Waals surface area (Å²) in [6.45, 7) is 5.42. The fraction of sp³-hybridized carbons (Fsp3) is 0.389. The summed E-state index contributed by atoms with van der Waals surface area (Å²) in [6, 6.07) is 13.2. The molecule has 1 atom stereocenters. The molecule has 0 radical (unpaired) electrons. The quantitative estimate of drug-likeness (QED) is 0.819. The molecule has 0 saturated carbocycles. The highest BCUT2D eigenvalue weighted by Crippen LogP contribution is 2.21. The van der Waals surface area contributed by atoms with Crippen LogP contribution in [0, 0.1) is 6.92 Å². The summed E-state index contributed by atoms with van der Waals surface area (Å²) >= 11 is 0. The van der Waals surface area contributed by atoms with Crippen molar-refractivity contribution in [2.75, 3.05) is 6.54 Å². The van der Waals surface area contributed by atoms with Crippen LogP contribution >= 0.6 is 0 Å². The van der Waals surface area contributed by atoms with Gasteiger partial charge < -0.3 is 5.32 Å². The summed E-state index contributed by atoms with van der Waals surface area (Å²) in [7, 11) is 0.